The maximum atomic E-state index is 13.3. The summed E-state index contributed by atoms with van der Waals surface area (Å²) in [7, 11) is -3.41. The molecule has 0 radical (unpaired) electrons. The number of anilines is 1. The lowest BCUT2D eigenvalue weighted by Gasteiger charge is -2.42. The van der Waals surface area contributed by atoms with E-state index in [0.29, 0.717) is 31.2 Å². The van der Waals surface area contributed by atoms with Crippen LogP contribution >= 0.6 is 11.6 Å². The van der Waals surface area contributed by atoms with Gasteiger partial charge in [0.25, 0.3) is 0 Å². The molecule has 1 saturated heterocycles. The SMILES string of the molecule is C=CCS(=O)(=O)C1CN(c2ccc(CN)cc2)CCN1Cc1ccccc1-c1ccc(Cl)cc1. The zero-order valence-corrected chi connectivity index (χ0v) is 20.7. The van der Waals surface area contributed by atoms with Crippen molar-refractivity contribution in [1.82, 2.24) is 4.90 Å². The maximum Gasteiger partial charge on any atom is 0.171 e. The van der Waals surface area contributed by atoms with Crippen molar-refractivity contribution in [2.24, 2.45) is 5.73 Å². The third-order valence-corrected chi connectivity index (χ3v) is 8.52. The fourth-order valence-electron chi connectivity index (χ4n) is 4.45. The van der Waals surface area contributed by atoms with Gasteiger partial charge in [0.05, 0.1) is 5.75 Å². The Balaban J connectivity index is 1.62. The highest BCUT2D eigenvalue weighted by atomic mass is 35.5. The van der Waals surface area contributed by atoms with E-state index in [2.05, 4.69) is 28.5 Å². The topological polar surface area (TPSA) is 66.6 Å². The minimum atomic E-state index is -3.41. The smallest absolute Gasteiger partial charge is 0.171 e. The summed E-state index contributed by atoms with van der Waals surface area (Å²) in [5.41, 5.74) is 11.0. The second-order valence-electron chi connectivity index (χ2n) is 8.52. The van der Waals surface area contributed by atoms with Crippen molar-refractivity contribution >= 4 is 27.1 Å². The zero-order chi connectivity index (χ0) is 24.1. The molecule has 3 aromatic rings. The van der Waals surface area contributed by atoms with E-state index in [1.54, 1.807) is 0 Å². The fourth-order valence-corrected chi connectivity index (χ4v) is 6.17. The molecule has 0 bridgehead atoms. The van der Waals surface area contributed by atoms with Gasteiger partial charge in [-0.1, -0.05) is 66.2 Å². The summed E-state index contributed by atoms with van der Waals surface area (Å²) in [4.78, 5) is 4.23. The molecule has 1 heterocycles. The molecular formula is C27H30ClN3O2S. The Morgan fingerprint density at radius 1 is 1.00 bits per heavy atom. The number of halogens is 1. The predicted molar refractivity (Wildman–Crippen MR) is 142 cm³/mol. The summed E-state index contributed by atoms with van der Waals surface area (Å²) < 4.78 is 26.6. The lowest BCUT2D eigenvalue weighted by molar-refractivity contribution is 0.219. The molecule has 1 atom stereocenters. The van der Waals surface area contributed by atoms with Crippen molar-refractivity contribution in [2.75, 3.05) is 30.3 Å². The van der Waals surface area contributed by atoms with Crippen molar-refractivity contribution < 1.29 is 8.42 Å². The van der Waals surface area contributed by atoms with Gasteiger partial charge in [-0.25, -0.2) is 8.42 Å². The molecule has 178 valence electrons. The van der Waals surface area contributed by atoms with E-state index in [4.69, 9.17) is 17.3 Å². The monoisotopic (exact) mass is 495 g/mol. The van der Waals surface area contributed by atoms with E-state index in [1.165, 1.54) is 6.08 Å². The first-order chi connectivity index (χ1) is 16.4. The number of sulfone groups is 1. The summed E-state index contributed by atoms with van der Waals surface area (Å²) in [5.74, 6) is -0.0487. The first kappa shape index (κ1) is 24.5. The molecule has 1 fully saturated rings. The number of nitrogens with zero attached hydrogens (tertiary/aromatic N) is 2. The zero-order valence-electron chi connectivity index (χ0n) is 19.1. The van der Waals surface area contributed by atoms with Gasteiger partial charge in [-0.15, -0.1) is 6.58 Å². The van der Waals surface area contributed by atoms with Crippen molar-refractivity contribution in [3.8, 4) is 11.1 Å². The van der Waals surface area contributed by atoms with Crippen molar-refractivity contribution in [3.63, 3.8) is 0 Å². The second-order valence-corrected chi connectivity index (χ2v) is 11.2. The van der Waals surface area contributed by atoms with E-state index in [9.17, 15) is 8.42 Å². The van der Waals surface area contributed by atoms with Crippen LogP contribution in [0.4, 0.5) is 5.69 Å². The van der Waals surface area contributed by atoms with E-state index < -0.39 is 15.2 Å². The molecule has 0 saturated carbocycles. The number of benzene rings is 3. The molecule has 34 heavy (non-hydrogen) atoms. The van der Waals surface area contributed by atoms with Gasteiger partial charge in [0, 0.05) is 43.4 Å². The summed E-state index contributed by atoms with van der Waals surface area (Å²) in [5, 5.41) is 0.0548. The lowest BCUT2D eigenvalue weighted by atomic mass is 9.99. The van der Waals surface area contributed by atoms with Crippen LogP contribution in [0.1, 0.15) is 11.1 Å². The van der Waals surface area contributed by atoms with E-state index in [-0.39, 0.29) is 5.75 Å². The standard InChI is InChI=1S/C27H30ClN3O2S/c1-2-17-34(32,33)27-20-30(25-13-7-21(18-29)8-14-25)15-16-31(27)19-23-5-3-4-6-26(23)22-9-11-24(28)12-10-22/h2-14,27H,1,15-20,29H2. The summed E-state index contributed by atoms with van der Waals surface area (Å²) in [6.45, 7) is 6.48. The molecule has 7 heteroatoms. The van der Waals surface area contributed by atoms with Crippen LogP contribution in [0.3, 0.4) is 0 Å². The number of nitrogens with two attached hydrogens (primary N) is 1. The molecule has 0 amide bonds. The van der Waals surface area contributed by atoms with Gasteiger partial charge >= 0.3 is 0 Å². The average Bonchev–Trinajstić information content (AvgIpc) is 2.85. The predicted octanol–water partition coefficient (Wildman–Crippen LogP) is 4.71. The number of hydrogen-bond acceptors (Lipinski definition) is 5. The third-order valence-electron chi connectivity index (χ3n) is 6.29. The molecule has 3 aromatic carbocycles. The average molecular weight is 496 g/mol. The molecule has 4 rings (SSSR count). The van der Waals surface area contributed by atoms with Gasteiger partial charge in [-0.2, -0.15) is 0 Å². The Labute approximate surface area is 207 Å². The lowest BCUT2D eigenvalue weighted by Crippen LogP contribution is -2.56. The number of rotatable bonds is 8. The highest BCUT2D eigenvalue weighted by Gasteiger charge is 2.36. The normalized spacial score (nSPS) is 17.0. The van der Waals surface area contributed by atoms with E-state index >= 15 is 0 Å². The van der Waals surface area contributed by atoms with Crippen LogP contribution in [-0.4, -0.2) is 44.1 Å². The molecule has 2 N–H and O–H groups in total. The molecule has 1 aliphatic heterocycles. The first-order valence-electron chi connectivity index (χ1n) is 11.4. The fraction of sp³-hybridized carbons (Fsp3) is 0.259. The molecule has 0 aliphatic carbocycles. The Kier molecular flexibility index (Phi) is 7.73. The Bertz CT molecular complexity index is 1230. The van der Waals surface area contributed by atoms with Crippen LogP contribution in [0.25, 0.3) is 11.1 Å². The Hall–Kier alpha value is -2.64. The summed E-state index contributed by atoms with van der Waals surface area (Å²) >= 11 is 6.08. The number of hydrogen-bond donors (Lipinski definition) is 1. The van der Waals surface area contributed by atoms with Gasteiger partial charge in [0.2, 0.25) is 0 Å². The van der Waals surface area contributed by atoms with Crippen LogP contribution in [0.15, 0.2) is 85.5 Å². The van der Waals surface area contributed by atoms with Crippen LogP contribution in [0, 0.1) is 0 Å². The molecule has 5 nitrogen and oxygen atoms in total. The van der Waals surface area contributed by atoms with Crippen LogP contribution in [0.2, 0.25) is 5.02 Å². The maximum absolute atomic E-state index is 13.3. The summed E-state index contributed by atoms with van der Waals surface area (Å²) in [6.07, 6.45) is 1.48. The molecule has 0 spiro atoms. The van der Waals surface area contributed by atoms with Crippen LogP contribution < -0.4 is 10.6 Å². The minimum Gasteiger partial charge on any atom is -0.368 e. The van der Waals surface area contributed by atoms with Gasteiger partial charge in [-0.05, 0) is 46.5 Å². The highest BCUT2D eigenvalue weighted by Crippen LogP contribution is 2.29. The molecule has 0 aromatic heterocycles. The van der Waals surface area contributed by atoms with E-state index in [0.717, 1.165) is 34.5 Å². The summed E-state index contributed by atoms with van der Waals surface area (Å²) in [6, 6.07) is 23.9. The largest absolute Gasteiger partial charge is 0.368 e. The quantitative estimate of drug-likeness (QED) is 0.458. The van der Waals surface area contributed by atoms with Crippen molar-refractivity contribution in [2.45, 2.75) is 18.5 Å². The highest BCUT2D eigenvalue weighted by molar-refractivity contribution is 7.92. The first-order valence-corrected chi connectivity index (χ1v) is 13.4. The van der Waals surface area contributed by atoms with Crippen molar-refractivity contribution in [3.05, 3.63) is 102 Å². The van der Waals surface area contributed by atoms with Gasteiger partial charge in [0.15, 0.2) is 9.84 Å². The molecular weight excluding hydrogens is 466 g/mol. The van der Waals surface area contributed by atoms with Gasteiger partial charge in [0.1, 0.15) is 5.37 Å². The van der Waals surface area contributed by atoms with E-state index in [1.807, 2.05) is 60.7 Å². The van der Waals surface area contributed by atoms with Crippen LogP contribution in [0.5, 0.6) is 0 Å². The second kappa shape index (κ2) is 10.7. The minimum absolute atomic E-state index is 0.0487. The Morgan fingerprint density at radius 2 is 1.71 bits per heavy atom. The molecule has 1 unspecified atom stereocenters. The van der Waals surface area contributed by atoms with Gasteiger partial charge < -0.3 is 10.6 Å². The Morgan fingerprint density at radius 3 is 2.38 bits per heavy atom. The van der Waals surface area contributed by atoms with Crippen molar-refractivity contribution in [1.29, 1.82) is 0 Å². The van der Waals surface area contributed by atoms with Gasteiger partial charge in [-0.3, -0.25) is 4.90 Å². The van der Waals surface area contributed by atoms with Crippen LogP contribution in [-0.2, 0) is 22.9 Å². The third kappa shape index (κ3) is 5.53. The molecule has 1 aliphatic rings. The number of piperazine rings is 1.